The highest BCUT2D eigenvalue weighted by molar-refractivity contribution is 6.02. The number of anilines is 1. The summed E-state index contributed by atoms with van der Waals surface area (Å²) in [6.07, 6.45) is 1.08. The van der Waals surface area contributed by atoms with Gasteiger partial charge in [0.1, 0.15) is 0 Å². The Labute approximate surface area is 110 Å². The summed E-state index contributed by atoms with van der Waals surface area (Å²) in [7, 11) is 0. The fourth-order valence-electron chi connectivity index (χ4n) is 2.41. The van der Waals surface area contributed by atoms with Gasteiger partial charge in [-0.25, -0.2) is 0 Å². The molecule has 2 N–H and O–H groups in total. The van der Waals surface area contributed by atoms with Gasteiger partial charge in [-0.05, 0) is 36.6 Å². The molecule has 100 valence electrons. The third-order valence-electron chi connectivity index (χ3n) is 3.25. The molecule has 0 radical (unpaired) electrons. The van der Waals surface area contributed by atoms with E-state index in [2.05, 4.69) is 5.32 Å². The summed E-state index contributed by atoms with van der Waals surface area (Å²) in [6.45, 7) is 1.42. The molecule has 2 rings (SSSR count). The van der Waals surface area contributed by atoms with Gasteiger partial charge in [0.25, 0.3) is 0 Å². The number of carbonyl (C=O) groups excluding carboxylic acids is 2. The Hall–Kier alpha value is -2.17. The maximum atomic E-state index is 12.1. The molecular weight excluding hydrogens is 246 g/mol. The minimum absolute atomic E-state index is 0.113. The predicted octanol–water partition coefficient (Wildman–Crippen LogP) is 1.86. The van der Waals surface area contributed by atoms with Crippen molar-refractivity contribution >= 4 is 23.3 Å². The first-order valence-corrected chi connectivity index (χ1v) is 6.14. The Balaban J connectivity index is 2.23. The number of hydrogen-bond acceptors (Lipinski definition) is 3. The number of aryl methyl sites for hydroxylation is 1. The van der Waals surface area contributed by atoms with Crippen LogP contribution in [0.4, 0.5) is 5.69 Å². The quantitative estimate of drug-likeness (QED) is 0.870. The molecule has 19 heavy (non-hydrogen) atoms. The van der Waals surface area contributed by atoms with Gasteiger partial charge in [-0.1, -0.05) is 0 Å². The summed E-state index contributed by atoms with van der Waals surface area (Å²) in [6, 6.07) is 5.11. The molecule has 1 aromatic carbocycles. The van der Waals surface area contributed by atoms with Crippen molar-refractivity contribution < 1.29 is 19.5 Å². The van der Waals surface area contributed by atoms with Crippen LogP contribution in [0.3, 0.4) is 0 Å². The van der Waals surface area contributed by atoms with Crippen LogP contribution in [0.5, 0.6) is 0 Å². The van der Waals surface area contributed by atoms with Gasteiger partial charge in [-0.2, -0.15) is 0 Å². The van der Waals surface area contributed by atoms with Crippen LogP contribution in [0.15, 0.2) is 18.2 Å². The van der Waals surface area contributed by atoms with Crippen molar-refractivity contribution in [3.63, 3.8) is 0 Å². The lowest BCUT2D eigenvalue weighted by Crippen LogP contribution is -2.25. The molecule has 1 aromatic rings. The average Bonchev–Trinajstić information content (AvgIpc) is 2.31. The monoisotopic (exact) mass is 261 g/mol. The predicted molar refractivity (Wildman–Crippen MR) is 69.1 cm³/mol. The summed E-state index contributed by atoms with van der Waals surface area (Å²) < 4.78 is 0. The van der Waals surface area contributed by atoms with Crippen molar-refractivity contribution in [1.82, 2.24) is 0 Å². The van der Waals surface area contributed by atoms with E-state index in [0.29, 0.717) is 24.1 Å². The molecule has 0 saturated carbocycles. The molecule has 0 heterocycles. The molecule has 1 aliphatic carbocycles. The normalized spacial score (nSPS) is 17.7. The Bertz CT molecular complexity index is 550. The van der Waals surface area contributed by atoms with E-state index in [9.17, 15) is 14.4 Å². The Kier molecular flexibility index (Phi) is 3.64. The van der Waals surface area contributed by atoms with Crippen molar-refractivity contribution in [3.8, 4) is 0 Å². The highest BCUT2D eigenvalue weighted by Gasteiger charge is 2.29. The summed E-state index contributed by atoms with van der Waals surface area (Å²) in [5, 5.41) is 11.4. The van der Waals surface area contributed by atoms with Gasteiger partial charge >= 0.3 is 5.97 Å². The molecule has 1 aliphatic rings. The van der Waals surface area contributed by atoms with Crippen LogP contribution in [-0.2, 0) is 16.0 Å². The number of carboxylic acid groups (broad SMARTS) is 1. The van der Waals surface area contributed by atoms with Crippen molar-refractivity contribution in [3.05, 3.63) is 29.3 Å². The molecule has 5 heteroatoms. The molecular formula is C14H15NO4. The number of benzene rings is 1. The lowest BCUT2D eigenvalue weighted by molar-refractivity contribution is -0.137. The summed E-state index contributed by atoms with van der Waals surface area (Å²) in [5.41, 5.74) is 2.11. The van der Waals surface area contributed by atoms with Crippen LogP contribution in [-0.4, -0.2) is 22.8 Å². The first kappa shape index (κ1) is 13.3. The fourth-order valence-corrected chi connectivity index (χ4v) is 2.41. The molecule has 1 amide bonds. The van der Waals surface area contributed by atoms with Crippen LogP contribution >= 0.6 is 0 Å². The molecule has 1 atom stereocenters. The maximum Gasteiger partial charge on any atom is 0.304 e. The van der Waals surface area contributed by atoms with Crippen LogP contribution in [0.1, 0.15) is 35.7 Å². The van der Waals surface area contributed by atoms with E-state index >= 15 is 0 Å². The number of nitrogens with one attached hydrogen (secondary N) is 1. The molecule has 0 spiro atoms. The molecule has 0 unspecified atom stereocenters. The summed E-state index contributed by atoms with van der Waals surface area (Å²) in [5.74, 6) is -1.66. The van der Waals surface area contributed by atoms with Gasteiger partial charge < -0.3 is 10.4 Å². The zero-order chi connectivity index (χ0) is 14.0. The van der Waals surface area contributed by atoms with Gasteiger partial charge in [-0.3, -0.25) is 14.4 Å². The SMILES string of the molecule is CC(=O)Nc1ccc2c(c1)CC[C@@H](CC(=O)O)C2=O. The minimum Gasteiger partial charge on any atom is -0.481 e. The second-order valence-corrected chi connectivity index (χ2v) is 4.75. The summed E-state index contributed by atoms with van der Waals surface area (Å²) >= 11 is 0. The zero-order valence-corrected chi connectivity index (χ0v) is 10.6. The van der Waals surface area contributed by atoms with E-state index in [-0.39, 0.29) is 18.1 Å². The molecule has 0 saturated heterocycles. The minimum atomic E-state index is -0.948. The number of carbonyl (C=O) groups is 3. The molecule has 0 bridgehead atoms. The van der Waals surface area contributed by atoms with Crippen molar-refractivity contribution in [2.24, 2.45) is 5.92 Å². The smallest absolute Gasteiger partial charge is 0.304 e. The van der Waals surface area contributed by atoms with Gasteiger partial charge in [-0.15, -0.1) is 0 Å². The van der Waals surface area contributed by atoms with Crippen LogP contribution in [0.2, 0.25) is 0 Å². The highest BCUT2D eigenvalue weighted by Crippen LogP contribution is 2.29. The Morgan fingerprint density at radius 3 is 2.79 bits per heavy atom. The number of ketones is 1. The number of hydrogen-bond donors (Lipinski definition) is 2. The van der Waals surface area contributed by atoms with Gasteiger partial charge in [0.2, 0.25) is 5.91 Å². The standard InChI is InChI=1S/C14H15NO4/c1-8(16)15-11-4-5-12-9(6-11)2-3-10(14(12)19)7-13(17)18/h4-6,10H,2-3,7H2,1H3,(H,15,16)(H,17,18)/t10-/m0/s1. The van der Waals surface area contributed by atoms with E-state index in [1.165, 1.54) is 6.92 Å². The lowest BCUT2D eigenvalue weighted by atomic mass is 9.81. The van der Waals surface area contributed by atoms with E-state index < -0.39 is 11.9 Å². The van der Waals surface area contributed by atoms with Gasteiger partial charge in [0, 0.05) is 24.1 Å². The molecule has 5 nitrogen and oxygen atoms in total. The number of Topliss-reactive ketones (excluding diaryl/α,β-unsaturated/α-hetero) is 1. The van der Waals surface area contributed by atoms with Crippen LogP contribution in [0.25, 0.3) is 0 Å². The number of amides is 1. The zero-order valence-electron chi connectivity index (χ0n) is 10.6. The molecule has 0 aliphatic heterocycles. The summed E-state index contributed by atoms with van der Waals surface area (Å²) in [4.78, 5) is 33.8. The molecule has 0 fully saturated rings. The Morgan fingerprint density at radius 2 is 2.16 bits per heavy atom. The van der Waals surface area contributed by atoms with E-state index in [1.54, 1.807) is 18.2 Å². The van der Waals surface area contributed by atoms with Crippen molar-refractivity contribution in [2.75, 3.05) is 5.32 Å². The van der Waals surface area contributed by atoms with Crippen molar-refractivity contribution in [1.29, 1.82) is 0 Å². The molecule has 0 aromatic heterocycles. The van der Waals surface area contributed by atoms with E-state index in [0.717, 1.165) is 5.56 Å². The number of aliphatic carboxylic acids is 1. The second kappa shape index (κ2) is 5.22. The Morgan fingerprint density at radius 1 is 1.42 bits per heavy atom. The largest absolute Gasteiger partial charge is 0.481 e. The highest BCUT2D eigenvalue weighted by atomic mass is 16.4. The maximum absolute atomic E-state index is 12.1. The first-order chi connectivity index (χ1) is 8.97. The fraction of sp³-hybridized carbons (Fsp3) is 0.357. The average molecular weight is 261 g/mol. The number of carboxylic acids is 1. The number of rotatable bonds is 3. The van der Waals surface area contributed by atoms with Gasteiger partial charge in [0.15, 0.2) is 5.78 Å². The van der Waals surface area contributed by atoms with Crippen LogP contribution < -0.4 is 5.32 Å². The van der Waals surface area contributed by atoms with E-state index in [4.69, 9.17) is 5.11 Å². The second-order valence-electron chi connectivity index (χ2n) is 4.75. The van der Waals surface area contributed by atoms with Gasteiger partial charge in [0.05, 0.1) is 6.42 Å². The lowest BCUT2D eigenvalue weighted by Gasteiger charge is -2.22. The first-order valence-electron chi connectivity index (χ1n) is 6.14. The van der Waals surface area contributed by atoms with Crippen LogP contribution in [0, 0.1) is 5.92 Å². The third kappa shape index (κ3) is 2.99. The third-order valence-corrected chi connectivity index (χ3v) is 3.25. The topological polar surface area (TPSA) is 83.5 Å². The van der Waals surface area contributed by atoms with E-state index in [1.807, 2.05) is 0 Å². The number of fused-ring (bicyclic) bond motifs is 1. The van der Waals surface area contributed by atoms with Crippen molar-refractivity contribution in [2.45, 2.75) is 26.2 Å².